The van der Waals surface area contributed by atoms with E-state index in [9.17, 15) is 5.11 Å². The van der Waals surface area contributed by atoms with E-state index in [0.717, 1.165) is 28.6 Å². The molecule has 4 nitrogen and oxygen atoms in total. The maximum absolute atomic E-state index is 10.5. The summed E-state index contributed by atoms with van der Waals surface area (Å²) in [6.45, 7) is 0. The molecule has 2 aromatic rings. The summed E-state index contributed by atoms with van der Waals surface area (Å²) < 4.78 is 2.44. The molecular formula is C15H18BrN3O. The van der Waals surface area contributed by atoms with Gasteiger partial charge in [0.2, 0.25) is 0 Å². The molecule has 0 atom stereocenters. The van der Waals surface area contributed by atoms with Crippen molar-refractivity contribution < 1.29 is 5.11 Å². The van der Waals surface area contributed by atoms with Crippen molar-refractivity contribution in [3.8, 4) is 17.0 Å². The average Bonchev–Trinajstić information content (AvgIpc) is 2.65. The van der Waals surface area contributed by atoms with E-state index in [1.165, 1.54) is 30.4 Å². The van der Waals surface area contributed by atoms with E-state index in [4.69, 9.17) is 5.73 Å². The van der Waals surface area contributed by atoms with Crippen LogP contribution in [-0.4, -0.2) is 14.9 Å². The molecule has 5 heteroatoms. The number of benzene rings is 1. The number of hydrogen-bond donors (Lipinski definition) is 2. The van der Waals surface area contributed by atoms with Gasteiger partial charge in [-0.15, -0.1) is 0 Å². The lowest BCUT2D eigenvalue weighted by atomic mass is 9.97. The van der Waals surface area contributed by atoms with Crippen LogP contribution in [0.1, 0.15) is 30.4 Å². The van der Waals surface area contributed by atoms with Crippen molar-refractivity contribution in [2.75, 3.05) is 5.73 Å². The number of nitrogens with zero attached hydrogens (tertiary/aromatic N) is 2. The van der Waals surface area contributed by atoms with Crippen molar-refractivity contribution in [1.82, 2.24) is 9.78 Å². The Bertz CT molecular complexity index is 644. The van der Waals surface area contributed by atoms with Gasteiger partial charge in [0.1, 0.15) is 11.6 Å². The predicted molar refractivity (Wildman–Crippen MR) is 83.7 cm³/mol. The molecule has 0 spiro atoms. The molecule has 0 bridgehead atoms. The first-order chi connectivity index (χ1) is 9.58. The number of aromatic nitrogens is 2. The second-order valence-corrected chi connectivity index (χ2v) is 6.16. The van der Waals surface area contributed by atoms with Crippen molar-refractivity contribution >= 4 is 21.7 Å². The van der Waals surface area contributed by atoms with Gasteiger partial charge in [-0.1, -0.05) is 6.42 Å². The van der Waals surface area contributed by atoms with E-state index in [0.29, 0.717) is 5.82 Å². The van der Waals surface area contributed by atoms with E-state index in [1.807, 2.05) is 0 Å². The van der Waals surface area contributed by atoms with Crippen molar-refractivity contribution in [3.63, 3.8) is 0 Å². The van der Waals surface area contributed by atoms with Crippen LogP contribution in [0.2, 0.25) is 0 Å². The lowest BCUT2D eigenvalue weighted by Crippen LogP contribution is -1.97. The highest BCUT2D eigenvalue weighted by molar-refractivity contribution is 9.10. The summed E-state index contributed by atoms with van der Waals surface area (Å²) in [4.78, 5) is 0. The number of nitrogen functional groups attached to an aromatic ring is 1. The summed E-state index contributed by atoms with van der Waals surface area (Å²) >= 11 is 3.56. The summed E-state index contributed by atoms with van der Waals surface area (Å²) in [5.41, 5.74) is 9.86. The van der Waals surface area contributed by atoms with Gasteiger partial charge in [-0.3, -0.25) is 4.68 Å². The number of aromatic hydroxyl groups is 1. The summed E-state index contributed by atoms with van der Waals surface area (Å²) in [6.07, 6.45) is 5.71. The molecular weight excluding hydrogens is 318 g/mol. The van der Waals surface area contributed by atoms with E-state index in [2.05, 4.69) is 27.1 Å². The zero-order valence-corrected chi connectivity index (χ0v) is 13.1. The highest BCUT2D eigenvalue weighted by Gasteiger charge is 2.20. The van der Waals surface area contributed by atoms with E-state index in [-0.39, 0.29) is 5.75 Å². The van der Waals surface area contributed by atoms with Crippen molar-refractivity contribution in [1.29, 1.82) is 0 Å². The van der Waals surface area contributed by atoms with E-state index >= 15 is 0 Å². The molecule has 3 N–H and O–H groups in total. The van der Waals surface area contributed by atoms with Gasteiger partial charge in [0.25, 0.3) is 0 Å². The Balaban J connectivity index is 2.17. The van der Waals surface area contributed by atoms with Crippen LogP contribution < -0.4 is 5.73 Å². The Morgan fingerprint density at radius 1 is 1.25 bits per heavy atom. The lowest BCUT2D eigenvalue weighted by molar-refractivity contribution is 0.472. The number of fused-ring (bicyclic) bond motifs is 1. The number of halogens is 1. The van der Waals surface area contributed by atoms with E-state index < -0.39 is 0 Å². The third-order valence-electron chi connectivity index (χ3n) is 4.00. The second-order valence-electron chi connectivity index (χ2n) is 5.36. The molecule has 0 saturated heterocycles. The van der Waals surface area contributed by atoms with Crippen LogP contribution in [0.4, 0.5) is 5.82 Å². The fourth-order valence-corrected chi connectivity index (χ4v) is 3.49. The fraction of sp³-hybridized carbons (Fsp3) is 0.400. The Labute approximate surface area is 126 Å². The van der Waals surface area contributed by atoms with Crippen LogP contribution in [0.25, 0.3) is 11.3 Å². The van der Waals surface area contributed by atoms with Crippen molar-refractivity contribution in [2.45, 2.75) is 32.1 Å². The molecule has 106 valence electrons. The van der Waals surface area contributed by atoms with Gasteiger partial charge in [0.05, 0.1) is 10.2 Å². The van der Waals surface area contributed by atoms with Gasteiger partial charge in [-0.25, -0.2) is 0 Å². The topological polar surface area (TPSA) is 64.1 Å². The SMILES string of the molecule is Cn1nc(-c2cc3c(c(Br)c2O)CCCCC3)cc1N. The quantitative estimate of drug-likeness (QED) is 0.785. The summed E-state index contributed by atoms with van der Waals surface area (Å²) in [5.74, 6) is 0.856. The van der Waals surface area contributed by atoms with Gasteiger partial charge in [0, 0.05) is 18.7 Å². The minimum atomic E-state index is 0.267. The fourth-order valence-electron chi connectivity index (χ4n) is 2.83. The minimum Gasteiger partial charge on any atom is -0.506 e. The zero-order valence-electron chi connectivity index (χ0n) is 11.5. The normalized spacial score (nSPS) is 14.9. The van der Waals surface area contributed by atoms with Crippen molar-refractivity contribution in [2.24, 2.45) is 7.05 Å². The van der Waals surface area contributed by atoms with Crippen LogP contribution in [0.3, 0.4) is 0 Å². The highest BCUT2D eigenvalue weighted by Crippen LogP contribution is 2.41. The highest BCUT2D eigenvalue weighted by atomic mass is 79.9. The molecule has 20 heavy (non-hydrogen) atoms. The molecule has 1 aliphatic carbocycles. The van der Waals surface area contributed by atoms with Gasteiger partial charge in [-0.05, 0) is 58.8 Å². The number of phenolic OH excluding ortho intramolecular Hbond substituents is 1. The molecule has 1 aromatic carbocycles. The molecule has 1 heterocycles. The maximum Gasteiger partial charge on any atom is 0.139 e. The molecule has 3 rings (SSSR count). The first-order valence-corrected chi connectivity index (χ1v) is 7.70. The molecule has 0 radical (unpaired) electrons. The predicted octanol–water partition coefficient (Wildman–Crippen LogP) is 3.41. The summed E-state index contributed by atoms with van der Waals surface area (Å²) in [7, 11) is 1.80. The Hall–Kier alpha value is -1.49. The molecule has 0 amide bonds. The average molecular weight is 336 g/mol. The number of nitrogens with two attached hydrogens (primary N) is 1. The monoisotopic (exact) mass is 335 g/mol. The summed E-state index contributed by atoms with van der Waals surface area (Å²) in [5, 5.41) is 14.8. The van der Waals surface area contributed by atoms with Gasteiger partial charge in [-0.2, -0.15) is 5.10 Å². The molecule has 0 unspecified atom stereocenters. The van der Waals surface area contributed by atoms with Crippen LogP contribution in [0, 0.1) is 0 Å². The molecule has 1 aromatic heterocycles. The second kappa shape index (κ2) is 5.13. The van der Waals surface area contributed by atoms with Crippen molar-refractivity contribution in [3.05, 3.63) is 27.7 Å². The van der Waals surface area contributed by atoms with Gasteiger partial charge in [0.15, 0.2) is 0 Å². The van der Waals surface area contributed by atoms with Gasteiger partial charge >= 0.3 is 0 Å². The third kappa shape index (κ3) is 2.20. The van der Waals surface area contributed by atoms with E-state index in [1.54, 1.807) is 17.8 Å². The lowest BCUT2D eigenvalue weighted by Gasteiger charge is -2.13. The third-order valence-corrected chi connectivity index (χ3v) is 4.85. The first kappa shape index (κ1) is 13.5. The number of anilines is 1. The smallest absolute Gasteiger partial charge is 0.139 e. The minimum absolute atomic E-state index is 0.267. The van der Waals surface area contributed by atoms with Crippen LogP contribution in [-0.2, 0) is 19.9 Å². The summed E-state index contributed by atoms with van der Waals surface area (Å²) in [6, 6.07) is 3.87. The van der Waals surface area contributed by atoms with Gasteiger partial charge < -0.3 is 10.8 Å². The zero-order chi connectivity index (χ0) is 14.3. The Kier molecular flexibility index (Phi) is 3.46. The Morgan fingerprint density at radius 3 is 2.70 bits per heavy atom. The molecule has 0 aliphatic heterocycles. The Morgan fingerprint density at radius 2 is 2.00 bits per heavy atom. The molecule has 1 aliphatic rings. The molecule has 0 saturated carbocycles. The number of rotatable bonds is 1. The van der Waals surface area contributed by atoms with Crippen LogP contribution in [0.15, 0.2) is 16.6 Å². The van der Waals surface area contributed by atoms with Crippen LogP contribution >= 0.6 is 15.9 Å². The van der Waals surface area contributed by atoms with Crippen LogP contribution in [0.5, 0.6) is 5.75 Å². The number of phenols is 1. The number of hydrogen-bond acceptors (Lipinski definition) is 3. The molecule has 0 fully saturated rings. The number of aryl methyl sites for hydroxylation is 2. The first-order valence-electron chi connectivity index (χ1n) is 6.91. The maximum atomic E-state index is 10.5. The standard InChI is InChI=1S/C15H18BrN3O/c1-19-13(17)8-12(18-19)11-7-9-5-3-2-4-6-10(9)14(16)15(11)20/h7-8,20H,2-6,17H2,1H3. The largest absolute Gasteiger partial charge is 0.506 e.